The standard InChI is InChI=1S/C25H20FN3O3/c26-17-9-6-10-18(14-17)27-25(31)23(13-16-7-2-1-3-8-16)28-22-15-21(29-32)19-11-4-5-12-20(19)24(22)30/h1-12,14-15,23,28,32H,13H2,(H,27,31). The van der Waals surface area contributed by atoms with E-state index < -0.39 is 17.8 Å². The van der Waals surface area contributed by atoms with E-state index in [-0.39, 0.29) is 23.6 Å². The number of ketones is 1. The quantitative estimate of drug-likeness (QED) is 0.409. The largest absolute Gasteiger partial charge is 0.410 e. The van der Waals surface area contributed by atoms with Crippen LogP contribution >= 0.6 is 0 Å². The number of Topliss-reactive ketones (excluding diaryl/α,β-unsaturated/α-hetero) is 1. The Morgan fingerprint density at radius 1 is 0.969 bits per heavy atom. The molecule has 1 aliphatic carbocycles. The SMILES string of the molecule is O=C1C(NC(Cc2ccccc2)C(=O)Nc2cccc(F)c2)=CC(=NO)c2ccccc21. The van der Waals surface area contributed by atoms with Crippen LogP contribution in [0.4, 0.5) is 10.1 Å². The molecule has 6 nitrogen and oxygen atoms in total. The fourth-order valence-electron chi connectivity index (χ4n) is 3.56. The summed E-state index contributed by atoms with van der Waals surface area (Å²) in [5, 5.41) is 18.4. The summed E-state index contributed by atoms with van der Waals surface area (Å²) in [4.78, 5) is 26.1. The number of hydrogen-bond acceptors (Lipinski definition) is 5. The predicted molar refractivity (Wildman–Crippen MR) is 119 cm³/mol. The number of amides is 1. The van der Waals surface area contributed by atoms with E-state index in [4.69, 9.17) is 0 Å². The van der Waals surface area contributed by atoms with Gasteiger partial charge in [-0.05, 0) is 29.8 Å². The molecule has 3 aromatic carbocycles. The van der Waals surface area contributed by atoms with Crippen molar-refractivity contribution in [1.29, 1.82) is 0 Å². The molecule has 0 radical (unpaired) electrons. The van der Waals surface area contributed by atoms with E-state index in [9.17, 15) is 19.2 Å². The molecule has 0 fully saturated rings. The van der Waals surface area contributed by atoms with E-state index in [1.807, 2.05) is 30.3 Å². The number of carbonyl (C=O) groups excluding carboxylic acids is 2. The Balaban J connectivity index is 1.63. The number of nitrogens with zero attached hydrogens (tertiary/aromatic N) is 1. The molecule has 0 aliphatic heterocycles. The molecular formula is C25H20FN3O3. The summed E-state index contributed by atoms with van der Waals surface area (Å²) in [6, 6.07) is 20.8. The molecule has 160 valence electrons. The molecule has 0 aromatic heterocycles. The lowest BCUT2D eigenvalue weighted by Gasteiger charge is -2.24. The van der Waals surface area contributed by atoms with Gasteiger partial charge in [0.05, 0.1) is 5.70 Å². The lowest BCUT2D eigenvalue weighted by molar-refractivity contribution is -0.117. The third kappa shape index (κ3) is 4.57. The van der Waals surface area contributed by atoms with Crippen LogP contribution in [0, 0.1) is 5.82 Å². The average molecular weight is 429 g/mol. The zero-order valence-corrected chi connectivity index (χ0v) is 17.0. The number of nitrogens with one attached hydrogen (secondary N) is 2. The Morgan fingerprint density at radius 3 is 2.41 bits per heavy atom. The number of anilines is 1. The topological polar surface area (TPSA) is 90.8 Å². The first-order chi connectivity index (χ1) is 15.5. The van der Waals surface area contributed by atoms with Crippen molar-refractivity contribution in [2.24, 2.45) is 5.16 Å². The molecule has 1 amide bonds. The van der Waals surface area contributed by atoms with Crippen LogP contribution in [-0.2, 0) is 11.2 Å². The summed E-state index contributed by atoms with van der Waals surface area (Å²) in [5.41, 5.74) is 2.41. The molecule has 0 saturated heterocycles. The highest BCUT2D eigenvalue weighted by Gasteiger charge is 2.28. The van der Waals surface area contributed by atoms with Crippen LogP contribution in [0.2, 0.25) is 0 Å². The second-order valence-electron chi connectivity index (χ2n) is 7.30. The van der Waals surface area contributed by atoms with Crippen LogP contribution in [0.5, 0.6) is 0 Å². The number of halogens is 1. The van der Waals surface area contributed by atoms with Crippen LogP contribution in [0.15, 0.2) is 95.8 Å². The van der Waals surface area contributed by atoms with Crippen molar-refractivity contribution in [3.8, 4) is 0 Å². The van der Waals surface area contributed by atoms with Gasteiger partial charge in [-0.25, -0.2) is 4.39 Å². The first-order valence-electron chi connectivity index (χ1n) is 10.00. The highest BCUT2D eigenvalue weighted by atomic mass is 19.1. The molecular weight excluding hydrogens is 409 g/mol. The zero-order chi connectivity index (χ0) is 22.5. The van der Waals surface area contributed by atoms with Crippen molar-refractivity contribution < 1.29 is 19.2 Å². The Kier molecular flexibility index (Phi) is 6.07. The van der Waals surface area contributed by atoms with Gasteiger partial charge in [0.25, 0.3) is 0 Å². The van der Waals surface area contributed by atoms with Crippen molar-refractivity contribution >= 4 is 23.1 Å². The first-order valence-corrected chi connectivity index (χ1v) is 10.00. The van der Waals surface area contributed by atoms with Crippen molar-refractivity contribution in [2.75, 3.05) is 5.32 Å². The summed E-state index contributed by atoms with van der Waals surface area (Å²) in [6.07, 6.45) is 1.69. The minimum absolute atomic E-state index is 0.131. The number of carbonyl (C=O) groups is 2. The van der Waals surface area contributed by atoms with E-state index in [2.05, 4.69) is 15.8 Å². The van der Waals surface area contributed by atoms with Crippen LogP contribution in [-0.4, -0.2) is 28.7 Å². The maximum Gasteiger partial charge on any atom is 0.247 e. The van der Waals surface area contributed by atoms with Crippen LogP contribution in [0.1, 0.15) is 21.5 Å². The third-order valence-corrected chi connectivity index (χ3v) is 5.10. The summed E-state index contributed by atoms with van der Waals surface area (Å²) in [7, 11) is 0. The van der Waals surface area contributed by atoms with Gasteiger partial charge in [-0.15, -0.1) is 0 Å². The molecule has 7 heteroatoms. The van der Waals surface area contributed by atoms with E-state index in [0.29, 0.717) is 16.8 Å². The second-order valence-corrected chi connectivity index (χ2v) is 7.30. The maximum atomic E-state index is 13.6. The third-order valence-electron chi connectivity index (χ3n) is 5.10. The van der Waals surface area contributed by atoms with Gasteiger partial charge in [-0.2, -0.15) is 0 Å². The van der Waals surface area contributed by atoms with Gasteiger partial charge in [0.2, 0.25) is 11.7 Å². The molecule has 0 bridgehead atoms. The highest BCUT2D eigenvalue weighted by molar-refractivity contribution is 6.26. The molecule has 3 N–H and O–H groups in total. The predicted octanol–water partition coefficient (Wildman–Crippen LogP) is 3.92. The summed E-state index contributed by atoms with van der Waals surface area (Å²) in [6.45, 7) is 0. The maximum absolute atomic E-state index is 13.6. The molecule has 1 aliphatic rings. The fraction of sp³-hybridized carbons (Fsp3) is 0.0800. The summed E-state index contributed by atoms with van der Waals surface area (Å²) < 4.78 is 13.6. The number of oxime groups is 1. The van der Waals surface area contributed by atoms with E-state index in [1.54, 1.807) is 30.3 Å². The summed E-state index contributed by atoms with van der Waals surface area (Å²) in [5.74, 6) is -1.22. The van der Waals surface area contributed by atoms with Crippen molar-refractivity contribution in [3.05, 3.63) is 113 Å². The number of fused-ring (bicyclic) bond motifs is 1. The van der Waals surface area contributed by atoms with Gasteiger partial charge < -0.3 is 15.8 Å². The van der Waals surface area contributed by atoms with Gasteiger partial charge in [-0.1, -0.05) is 65.8 Å². The van der Waals surface area contributed by atoms with Gasteiger partial charge in [0.15, 0.2) is 0 Å². The Labute approximate surface area is 184 Å². The minimum Gasteiger partial charge on any atom is -0.410 e. The molecule has 4 rings (SSSR count). The molecule has 1 unspecified atom stereocenters. The molecule has 0 spiro atoms. The zero-order valence-electron chi connectivity index (χ0n) is 17.0. The molecule has 1 atom stereocenters. The van der Waals surface area contributed by atoms with E-state index in [0.717, 1.165) is 5.56 Å². The number of hydrogen-bond donors (Lipinski definition) is 3. The highest BCUT2D eigenvalue weighted by Crippen LogP contribution is 2.21. The number of benzene rings is 3. The van der Waals surface area contributed by atoms with Gasteiger partial charge in [-0.3, -0.25) is 9.59 Å². The van der Waals surface area contributed by atoms with Crippen molar-refractivity contribution in [2.45, 2.75) is 12.5 Å². The Hall–Kier alpha value is -4.26. The summed E-state index contributed by atoms with van der Waals surface area (Å²) >= 11 is 0. The van der Waals surface area contributed by atoms with Gasteiger partial charge >= 0.3 is 0 Å². The number of allylic oxidation sites excluding steroid dienone is 2. The fourth-order valence-corrected chi connectivity index (χ4v) is 3.56. The van der Waals surface area contributed by atoms with Crippen molar-refractivity contribution in [1.82, 2.24) is 5.32 Å². The minimum atomic E-state index is -0.846. The Morgan fingerprint density at radius 2 is 1.69 bits per heavy atom. The molecule has 0 saturated carbocycles. The second kappa shape index (κ2) is 9.26. The molecule has 32 heavy (non-hydrogen) atoms. The van der Waals surface area contributed by atoms with E-state index >= 15 is 0 Å². The van der Waals surface area contributed by atoms with Crippen LogP contribution in [0.3, 0.4) is 0 Å². The van der Waals surface area contributed by atoms with Crippen LogP contribution < -0.4 is 10.6 Å². The number of rotatable bonds is 6. The Bertz CT molecular complexity index is 1220. The van der Waals surface area contributed by atoms with Crippen LogP contribution in [0.25, 0.3) is 0 Å². The smallest absolute Gasteiger partial charge is 0.247 e. The monoisotopic (exact) mass is 429 g/mol. The normalized spacial score (nSPS) is 15.0. The lowest BCUT2D eigenvalue weighted by Crippen LogP contribution is -2.44. The van der Waals surface area contributed by atoms with Gasteiger partial charge in [0, 0.05) is 23.2 Å². The lowest BCUT2D eigenvalue weighted by atomic mass is 9.91. The molecule has 3 aromatic rings. The van der Waals surface area contributed by atoms with Crippen molar-refractivity contribution in [3.63, 3.8) is 0 Å². The molecule has 0 heterocycles. The average Bonchev–Trinajstić information content (AvgIpc) is 2.81. The van der Waals surface area contributed by atoms with Gasteiger partial charge in [0.1, 0.15) is 17.6 Å². The first kappa shape index (κ1) is 21.0. The van der Waals surface area contributed by atoms with E-state index in [1.165, 1.54) is 24.3 Å².